The molecule has 1 aromatic heterocycles. The number of hydrogen-bond acceptors (Lipinski definition) is 3. The molecule has 0 saturated carbocycles. The van der Waals surface area contributed by atoms with Crippen LogP contribution in [-0.4, -0.2) is 52.3 Å². The molecule has 1 aliphatic rings. The van der Waals surface area contributed by atoms with Crippen LogP contribution in [0.2, 0.25) is 0 Å². The standard InChI is InChI=1S/C14H26N6.HI/c1-12(2)8-13-4-6-19(9-13)14(15-3)17-5-7-20-11-16-10-18-20;/h10-13H,4-9H2,1-3H3,(H,15,17);1H. The maximum atomic E-state index is 4.39. The van der Waals surface area contributed by atoms with Crippen molar-refractivity contribution in [3.05, 3.63) is 12.7 Å². The molecule has 0 aromatic carbocycles. The van der Waals surface area contributed by atoms with Crippen molar-refractivity contribution in [2.24, 2.45) is 16.8 Å². The molecule has 7 heteroatoms. The van der Waals surface area contributed by atoms with Crippen LogP contribution in [0.25, 0.3) is 0 Å². The zero-order chi connectivity index (χ0) is 14.4. The molecule has 2 heterocycles. The molecule has 0 aliphatic carbocycles. The lowest BCUT2D eigenvalue weighted by Gasteiger charge is -2.22. The third kappa shape index (κ3) is 5.80. The second-order valence-electron chi connectivity index (χ2n) is 5.86. The van der Waals surface area contributed by atoms with Gasteiger partial charge in [0.25, 0.3) is 0 Å². The summed E-state index contributed by atoms with van der Waals surface area (Å²) in [7, 11) is 1.85. The van der Waals surface area contributed by atoms with Crippen molar-refractivity contribution >= 4 is 29.9 Å². The molecule has 120 valence electrons. The van der Waals surface area contributed by atoms with Gasteiger partial charge >= 0.3 is 0 Å². The number of guanidine groups is 1. The van der Waals surface area contributed by atoms with Gasteiger partial charge in [0, 0.05) is 26.7 Å². The highest BCUT2D eigenvalue weighted by atomic mass is 127. The van der Waals surface area contributed by atoms with E-state index in [-0.39, 0.29) is 24.0 Å². The molecule has 0 bridgehead atoms. The Morgan fingerprint density at radius 1 is 1.48 bits per heavy atom. The van der Waals surface area contributed by atoms with Crippen molar-refractivity contribution in [2.45, 2.75) is 33.2 Å². The van der Waals surface area contributed by atoms with E-state index in [0.717, 1.165) is 44.0 Å². The van der Waals surface area contributed by atoms with Crippen LogP contribution >= 0.6 is 24.0 Å². The smallest absolute Gasteiger partial charge is 0.193 e. The first-order chi connectivity index (χ1) is 9.69. The van der Waals surface area contributed by atoms with Gasteiger partial charge in [-0.3, -0.25) is 9.67 Å². The van der Waals surface area contributed by atoms with E-state index in [2.05, 4.69) is 39.1 Å². The van der Waals surface area contributed by atoms with Crippen molar-refractivity contribution in [3.63, 3.8) is 0 Å². The predicted octanol–water partition coefficient (Wildman–Crippen LogP) is 1.84. The van der Waals surface area contributed by atoms with E-state index in [1.165, 1.54) is 12.8 Å². The van der Waals surface area contributed by atoms with E-state index < -0.39 is 0 Å². The molecule has 0 spiro atoms. The van der Waals surface area contributed by atoms with Crippen LogP contribution in [0.4, 0.5) is 0 Å². The van der Waals surface area contributed by atoms with Crippen LogP contribution in [0.1, 0.15) is 26.7 Å². The summed E-state index contributed by atoms with van der Waals surface area (Å²) in [6, 6.07) is 0. The molecule has 1 aliphatic heterocycles. The Morgan fingerprint density at radius 3 is 2.90 bits per heavy atom. The van der Waals surface area contributed by atoms with E-state index in [1.807, 2.05) is 11.7 Å². The van der Waals surface area contributed by atoms with Gasteiger partial charge in [0.1, 0.15) is 12.7 Å². The highest BCUT2D eigenvalue weighted by molar-refractivity contribution is 14.0. The maximum Gasteiger partial charge on any atom is 0.193 e. The van der Waals surface area contributed by atoms with Crippen molar-refractivity contribution in [3.8, 4) is 0 Å². The molecule has 1 atom stereocenters. The molecule has 0 amide bonds. The van der Waals surface area contributed by atoms with Crippen molar-refractivity contribution in [1.82, 2.24) is 25.0 Å². The SMILES string of the molecule is CN=C(NCCn1cncn1)N1CCC(CC(C)C)C1.I. The summed E-state index contributed by atoms with van der Waals surface area (Å²) in [5.41, 5.74) is 0. The van der Waals surface area contributed by atoms with Gasteiger partial charge in [-0.05, 0) is 24.7 Å². The van der Waals surface area contributed by atoms with Crippen LogP contribution in [0.3, 0.4) is 0 Å². The summed E-state index contributed by atoms with van der Waals surface area (Å²) in [6.45, 7) is 8.47. The van der Waals surface area contributed by atoms with Crippen LogP contribution in [-0.2, 0) is 6.54 Å². The minimum absolute atomic E-state index is 0. The Morgan fingerprint density at radius 2 is 2.29 bits per heavy atom. The van der Waals surface area contributed by atoms with E-state index in [4.69, 9.17) is 0 Å². The predicted molar refractivity (Wildman–Crippen MR) is 95.9 cm³/mol. The molecule has 1 aromatic rings. The van der Waals surface area contributed by atoms with E-state index >= 15 is 0 Å². The third-order valence-corrected chi connectivity index (χ3v) is 3.69. The average molecular weight is 406 g/mol. The van der Waals surface area contributed by atoms with Gasteiger partial charge in [0.15, 0.2) is 5.96 Å². The quantitative estimate of drug-likeness (QED) is 0.461. The number of nitrogens with zero attached hydrogens (tertiary/aromatic N) is 5. The largest absolute Gasteiger partial charge is 0.354 e. The Hall–Kier alpha value is -0.860. The molecule has 1 unspecified atom stereocenters. The van der Waals surface area contributed by atoms with Gasteiger partial charge in [0.05, 0.1) is 6.54 Å². The number of aromatic nitrogens is 3. The molecule has 0 radical (unpaired) electrons. The van der Waals surface area contributed by atoms with Gasteiger partial charge in [0.2, 0.25) is 0 Å². The molecule has 1 saturated heterocycles. The lowest BCUT2D eigenvalue weighted by atomic mass is 9.97. The fourth-order valence-corrected chi connectivity index (χ4v) is 2.85. The summed E-state index contributed by atoms with van der Waals surface area (Å²) in [5.74, 6) is 2.60. The minimum atomic E-state index is 0. The molecular formula is C14H27IN6. The van der Waals surface area contributed by atoms with Gasteiger partial charge in [-0.2, -0.15) is 5.10 Å². The molecule has 1 N–H and O–H groups in total. The zero-order valence-electron chi connectivity index (χ0n) is 13.2. The molecule has 1 fully saturated rings. The highest BCUT2D eigenvalue weighted by Gasteiger charge is 2.25. The number of likely N-dealkylation sites (tertiary alicyclic amines) is 1. The molecule has 2 rings (SSSR count). The average Bonchev–Trinajstić information content (AvgIpc) is 3.05. The molecule has 6 nitrogen and oxygen atoms in total. The van der Waals surface area contributed by atoms with Gasteiger partial charge in [-0.15, -0.1) is 24.0 Å². The molecule has 21 heavy (non-hydrogen) atoms. The second kappa shape index (κ2) is 9.22. The van der Waals surface area contributed by atoms with E-state index in [9.17, 15) is 0 Å². The third-order valence-electron chi connectivity index (χ3n) is 3.69. The summed E-state index contributed by atoms with van der Waals surface area (Å²) >= 11 is 0. The molecular weight excluding hydrogens is 379 g/mol. The lowest BCUT2D eigenvalue weighted by molar-refractivity contribution is 0.402. The van der Waals surface area contributed by atoms with Gasteiger partial charge in [-0.1, -0.05) is 13.8 Å². The van der Waals surface area contributed by atoms with Crippen LogP contribution in [0.15, 0.2) is 17.6 Å². The van der Waals surface area contributed by atoms with Crippen LogP contribution in [0, 0.1) is 11.8 Å². The second-order valence-corrected chi connectivity index (χ2v) is 5.86. The topological polar surface area (TPSA) is 58.3 Å². The summed E-state index contributed by atoms with van der Waals surface area (Å²) in [6.07, 6.45) is 5.89. The number of halogens is 1. The number of nitrogens with one attached hydrogen (secondary N) is 1. The summed E-state index contributed by atoms with van der Waals surface area (Å²) in [5, 5.41) is 7.50. The first kappa shape index (κ1) is 18.2. The van der Waals surface area contributed by atoms with Crippen molar-refractivity contribution in [2.75, 3.05) is 26.7 Å². The Balaban J connectivity index is 0.00000220. The van der Waals surface area contributed by atoms with Crippen LogP contribution in [0.5, 0.6) is 0 Å². The monoisotopic (exact) mass is 406 g/mol. The summed E-state index contributed by atoms with van der Waals surface area (Å²) < 4.78 is 1.83. The fourth-order valence-electron chi connectivity index (χ4n) is 2.85. The Labute approximate surface area is 144 Å². The van der Waals surface area contributed by atoms with Crippen molar-refractivity contribution in [1.29, 1.82) is 0 Å². The highest BCUT2D eigenvalue weighted by Crippen LogP contribution is 2.23. The first-order valence-corrected chi connectivity index (χ1v) is 7.47. The normalized spacial score (nSPS) is 19.0. The van der Waals surface area contributed by atoms with Crippen LogP contribution < -0.4 is 5.32 Å². The Kier molecular flexibility index (Phi) is 7.98. The Bertz CT molecular complexity index is 417. The van der Waals surface area contributed by atoms with Gasteiger partial charge in [-0.25, -0.2) is 4.98 Å². The number of hydrogen-bond donors (Lipinski definition) is 1. The van der Waals surface area contributed by atoms with E-state index in [0.29, 0.717) is 0 Å². The lowest BCUT2D eigenvalue weighted by Crippen LogP contribution is -2.41. The fraction of sp³-hybridized carbons (Fsp3) is 0.786. The summed E-state index contributed by atoms with van der Waals surface area (Å²) in [4.78, 5) is 10.7. The number of aliphatic imine (C=N–C) groups is 1. The first-order valence-electron chi connectivity index (χ1n) is 7.47. The zero-order valence-corrected chi connectivity index (χ0v) is 15.5. The maximum absolute atomic E-state index is 4.39. The van der Waals surface area contributed by atoms with Gasteiger partial charge < -0.3 is 10.2 Å². The number of rotatable bonds is 5. The van der Waals surface area contributed by atoms with E-state index in [1.54, 1.807) is 12.7 Å². The minimum Gasteiger partial charge on any atom is -0.354 e. The van der Waals surface area contributed by atoms with Crippen molar-refractivity contribution < 1.29 is 0 Å².